The van der Waals surface area contributed by atoms with Crippen LogP contribution in [0.25, 0.3) is 0 Å². The van der Waals surface area contributed by atoms with Crippen molar-refractivity contribution in [3.05, 3.63) is 41.7 Å². The standard InChI is InChI=1S/C13H19N5/c1-3-9(2)11(10-7-5-4-6-8-10)12-16-17-13(14)18(12)15/h4-9,11H,3,15H2,1-2H3,(H2,14,17). The Morgan fingerprint density at radius 1 is 1.22 bits per heavy atom. The second kappa shape index (κ2) is 5.08. The van der Waals surface area contributed by atoms with E-state index in [0.29, 0.717) is 11.7 Å². The third kappa shape index (κ3) is 2.16. The van der Waals surface area contributed by atoms with E-state index in [-0.39, 0.29) is 11.9 Å². The Morgan fingerprint density at radius 3 is 2.39 bits per heavy atom. The quantitative estimate of drug-likeness (QED) is 0.804. The molecule has 0 aliphatic rings. The average molecular weight is 245 g/mol. The van der Waals surface area contributed by atoms with Crippen molar-refractivity contribution >= 4 is 5.95 Å². The average Bonchev–Trinajstić information content (AvgIpc) is 2.72. The molecule has 2 aromatic rings. The normalized spacial score (nSPS) is 14.3. The van der Waals surface area contributed by atoms with Crippen LogP contribution in [0.4, 0.5) is 5.95 Å². The molecule has 0 aliphatic heterocycles. The molecule has 0 aliphatic carbocycles. The Bertz CT molecular complexity index is 505. The molecule has 2 atom stereocenters. The molecule has 5 nitrogen and oxygen atoms in total. The first-order valence-corrected chi connectivity index (χ1v) is 6.16. The monoisotopic (exact) mass is 245 g/mol. The van der Waals surface area contributed by atoms with Crippen LogP contribution < -0.4 is 11.6 Å². The fourth-order valence-corrected chi connectivity index (χ4v) is 2.16. The van der Waals surface area contributed by atoms with Crippen molar-refractivity contribution in [2.45, 2.75) is 26.2 Å². The number of benzene rings is 1. The van der Waals surface area contributed by atoms with Crippen molar-refractivity contribution in [1.82, 2.24) is 14.9 Å². The summed E-state index contributed by atoms with van der Waals surface area (Å²) in [6.07, 6.45) is 1.03. The number of nitrogens with two attached hydrogens (primary N) is 2. The molecule has 18 heavy (non-hydrogen) atoms. The van der Waals surface area contributed by atoms with E-state index in [0.717, 1.165) is 6.42 Å². The molecule has 4 N–H and O–H groups in total. The second-order valence-corrected chi connectivity index (χ2v) is 4.56. The van der Waals surface area contributed by atoms with Crippen LogP contribution in [-0.2, 0) is 0 Å². The lowest BCUT2D eigenvalue weighted by molar-refractivity contribution is 0.471. The van der Waals surface area contributed by atoms with Gasteiger partial charge in [-0.15, -0.1) is 10.2 Å². The summed E-state index contributed by atoms with van der Waals surface area (Å²) in [6, 6.07) is 10.2. The zero-order valence-corrected chi connectivity index (χ0v) is 10.7. The van der Waals surface area contributed by atoms with Crippen LogP contribution in [0, 0.1) is 5.92 Å². The van der Waals surface area contributed by atoms with Gasteiger partial charge in [0.1, 0.15) is 0 Å². The van der Waals surface area contributed by atoms with Crippen molar-refractivity contribution in [3.63, 3.8) is 0 Å². The smallest absolute Gasteiger partial charge is 0.240 e. The zero-order chi connectivity index (χ0) is 13.1. The van der Waals surface area contributed by atoms with Gasteiger partial charge in [0.25, 0.3) is 0 Å². The number of anilines is 1. The predicted molar refractivity (Wildman–Crippen MR) is 72.3 cm³/mol. The molecule has 1 aromatic heterocycles. The van der Waals surface area contributed by atoms with Crippen molar-refractivity contribution < 1.29 is 0 Å². The number of nitrogen functional groups attached to an aromatic ring is 2. The fraction of sp³-hybridized carbons (Fsp3) is 0.385. The highest BCUT2D eigenvalue weighted by molar-refractivity contribution is 5.29. The summed E-state index contributed by atoms with van der Waals surface area (Å²) >= 11 is 0. The van der Waals surface area contributed by atoms with E-state index in [4.69, 9.17) is 11.6 Å². The maximum atomic E-state index is 5.90. The molecule has 0 spiro atoms. The Morgan fingerprint density at radius 2 is 1.89 bits per heavy atom. The minimum Gasteiger partial charge on any atom is -0.366 e. The minimum absolute atomic E-state index is 0.117. The summed E-state index contributed by atoms with van der Waals surface area (Å²) in [5.74, 6) is 7.39. The van der Waals surface area contributed by atoms with Gasteiger partial charge in [-0.25, -0.2) is 4.68 Å². The van der Waals surface area contributed by atoms with Crippen LogP contribution in [0.1, 0.15) is 37.6 Å². The van der Waals surface area contributed by atoms with Gasteiger partial charge in [0, 0.05) is 5.92 Å². The van der Waals surface area contributed by atoms with E-state index in [2.05, 4.69) is 36.2 Å². The van der Waals surface area contributed by atoms with E-state index in [1.165, 1.54) is 10.2 Å². The van der Waals surface area contributed by atoms with Gasteiger partial charge >= 0.3 is 0 Å². The first-order valence-electron chi connectivity index (χ1n) is 6.16. The Hall–Kier alpha value is -2.04. The van der Waals surface area contributed by atoms with Crippen molar-refractivity contribution in [2.75, 3.05) is 11.6 Å². The molecule has 0 amide bonds. The van der Waals surface area contributed by atoms with E-state index >= 15 is 0 Å². The van der Waals surface area contributed by atoms with Gasteiger partial charge in [-0.2, -0.15) is 0 Å². The number of rotatable bonds is 4. The second-order valence-electron chi connectivity index (χ2n) is 4.56. The molecule has 0 saturated carbocycles. The summed E-state index contributed by atoms with van der Waals surface area (Å²) in [7, 11) is 0. The minimum atomic E-state index is 0.117. The zero-order valence-electron chi connectivity index (χ0n) is 10.7. The molecule has 0 fully saturated rings. The number of hydrogen-bond acceptors (Lipinski definition) is 4. The van der Waals surface area contributed by atoms with Gasteiger partial charge in [0.15, 0.2) is 5.82 Å². The summed E-state index contributed by atoms with van der Waals surface area (Å²) in [5, 5.41) is 7.97. The lowest BCUT2D eigenvalue weighted by atomic mass is 9.85. The highest BCUT2D eigenvalue weighted by Crippen LogP contribution is 2.32. The molecule has 96 valence electrons. The Kier molecular flexibility index (Phi) is 3.50. The van der Waals surface area contributed by atoms with Crippen LogP contribution in [0.3, 0.4) is 0 Å². The number of aromatic nitrogens is 3. The topological polar surface area (TPSA) is 82.8 Å². The van der Waals surface area contributed by atoms with Crippen molar-refractivity contribution in [1.29, 1.82) is 0 Å². The van der Waals surface area contributed by atoms with E-state index in [9.17, 15) is 0 Å². The van der Waals surface area contributed by atoms with Crippen LogP contribution in [0.15, 0.2) is 30.3 Å². The molecular formula is C13H19N5. The van der Waals surface area contributed by atoms with E-state index in [1.54, 1.807) is 0 Å². The van der Waals surface area contributed by atoms with Gasteiger partial charge in [0.05, 0.1) is 0 Å². The largest absolute Gasteiger partial charge is 0.366 e. The van der Waals surface area contributed by atoms with Gasteiger partial charge in [-0.3, -0.25) is 0 Å². The molecule has 5 heteroatoms. The first kappa shape index (κ1) is 12.4. The SMILES string of the molecule is CCC(C)C(c1ccccc1)c1nnc(N)n1N. The van der Waals surface area contributed by atoms with Gasteiger partial charge in [0.2, 0.25) is 5.95 Å². The summed E-state index contributed by atoms with van der Waals surface area (Å²) in [4.78, 5) is 0. The number of nitrogens with zero attached hydrogens (tertiary/aromatic N) is 3. The molecule has 0 bridgehead atoms. The van der Waals surface area contributed by atoms with Gasteiger partial charge < -0.3 is 11.6 Å². The predicted octanol–water partition coefficient (Wildman–Crippen LogP) is 1.75. The summed E-state index contributed by atoms with van der Waals surface area (Å²) in [5.41, 5.74) is 6.85. The maximum absolute atomic E-state index is 5.90. The molecule has 0 saturated heterocycles. The van der Waals surface area contributed by atoms with E-state index < -0.39 is 0 Å². The third-order valence-electron chi connectivity index (χ3n) is 3.40. The molecule has 1 aromatic carbocycles. The van der Waals surface area contributed by atoms with E-state index in [1.807, 2.05) is 18.2 Å². The Labute approximate surface area is 107 Å². The number of hydrogen-bond donors (Lipinski definition) is 2. The van der Waals surface area contributed by atoms with Gasteiger partial charge in [-0.1, -0.05) is 50.6 Å². The van der Waals surface area contributed by atoms with Crippen LogP contribution in [0.5, 0.6) is 0 Å². The van der Waals surface area contributed by atoms with Crippen molar-refractivity contribution in [2.24, 2.45) is 5.92 Å². The first-order chi connectivity index (χ1) is 8.65. The van der Waals surface area contributed by atoms with Crippen LogP contribution >= 0.6 is 0 Å². The Balaban J connectivity index is 2.47. The lowest BCUT2D eigenvalue weighted by Crippen LogP contribution is -2.22. The summed E-state index contributed by atoms with van der Waals surface area (Å²) in [6.45, 7) is 4.34. The van der Waals surface area contributed by atoms with Gasteiger partial charge in [-0.05, 0) is 11.5 Å². The highest BCUT2D eigenvalue weighted by atomic mass is 15.4. The van der Waals surface area contributed by atoms with Crippen LogP contribution in [0.2, 0.25) is 0 Å². The molecule has 2 unspecified atom stereocenters. The molecule has 1 heterocycles. The van der Waals surface area contributed by atoms with Crippen molar-refractivity contribution in [3.8, 4) is 0 Å². The molecule has 0 radical (unpaired) electrons. The van der Waals surface area contributed by atoms with Crippen LogP contribution in [-0.4, -0.2) is 14.9 Å². The molecule has 2 rings (SSSR count). The third-order valence-corrected chi connectivity index (χ3v) is 3.40. The maximum Gasteiger partial charge on any atom is 0.240 e. The highest BCUT2D eigenvalue weighted by Gasteiger charge is 2.25. The fourth-order valence-electron chi connectivity index (χ4n) is 2.16. The summed E-state index contributed by atoms with van der Waals surface area (Å²) < 4.78 is 1.38. The lowest BCUT2D eigenvalue weighted by Gasteiger charge is -2.22. The molecular weight excluding hydrogens is 226 g/mol.